The summed E-state index contributed by atoms with van der Waals surface area (Å²) in [6, 6.07) is 0. The summed E-state index contributed by atoms with van der Waals surface area (Å²) >= 11 is 0. The predicted molar refractivity (Wildman–Crippen MR) is 35.3 cm³/mol. The summed E-state index contributed by atoms with van der Waals surface area (Å²) in [6.45, 7) is 2.69. The van der Waals surface area contributed by atoms with Gasteiger partial charge in [-0.15, -0.1) is 0 Å². The topological polar surface area (TPSA) is 0 Å². The molecular formula is C7H9F6. The van der Waals surface area contributed by atoms with Crippen LogP contribution in [0, 0.1) is 6.92 Å². The van der Waals surface area contributed by atoms with Crippen molar-refractivity contribution in [1.29, 1.82) is 0 Å². The Balaban J connectivity index is 4.52. The largest absolute Gasteiger partial charge is 0.281 e. The maximum absolute atomic E-state index is 12.4. The molecule has 6 heteroatoms. The van der Waals surface area contributed by atoms with Crippen molar-refractivity contribution in [2.75, 3.05) is 0 Å². The van der Waals surface area contributed by atoms with E-state index in [1.54, 1.807) is 0 Å². The molecule has 1 radical (unpaired) electrons. The average molecular weight is 207 g/mol. The first-order valence-electron chi connectivity index (χ1n) is 3.46. The first kappa shape index (κ1) is 12.6. The highest BCUT2D eigenvalue weighted by Gasteiger charge is 2.52. The number of alkyl halides is 6. The smallest absolute Gasteiger partial charge is 0.237 e. The molecule has 0 saturated carbocycles. The second kappa shape index (κ2) is 3.75. The molecule has 0 aromatic carbocycles. The molecule has 0 rings (SSSR count). The van der Waals surface area contributed by atoms with Gasteiger partial charge >= 0.3 is 0 Å². The highest BCUT2D eigenvalue weighted by atomic mass is 19.3. The molecule has 13 heavy (non-hydrogen) atoms. The standard InChI is InChI=1S/C7H9F6/c1-3-7(12,13)5(9)4(8)6(2,10)11/h4-5H,1,3H2,2H3/t4?,5-/m0/s1. The van der Waals surface area contributed by atoms with Crippen LogP contribution < -0.4 is 0 Å². The van der Waals surface area contributed by atoms with Gasteiger partial charge in [0.15, 0.2) is 6.17 Å². The Kier molecular flexibility index (Phi) is 3.63. The van der Waals surface area contributed by atoms with Crippen LogP contribution in [0.5, 0.6) is 0 Å². The Morgan fingerprint density at radius 1 is 1.08 bits per heavy atom. The van der Waals surface area contributed by atoms with Gasteiger partial charge in [-0.05, 0) is 6.92 Å². The molecule has 0 N–H and O–H groups in total. The third-order valence-electron chi connectivity index (χ3n) is 1.48. The first-order valence-corrected chi connectivity index (χ1v) is 3.46. The van der Waals surface area contributed by atoms with E-state index in [2.05, 4.69) is 6.92 Å². The summed E-state index contributed by atoms with van der Waals surface area (Å²) in [5.41, 5.74) is 0. The molecule has 0 aliphatic rings. The molecule has 0 aliphatic carbocycles. The minimum atomic E-state index is -4.15. The van der Waals surface area contributed by atoms with E-state index in [-0.39, 0.29) is 6.92 Å². The van der Waals surface area contributed by atoms with Gasteiger partial charge in [0.25, 0.3) is 11.8 Å². The van der Waals surface area contributed by atoms with Crippen LogP contribution >= 0.6 is 0 Å². The van der Waals surface area contributed by atoms with Gasteiger partial charge in [0.05, 0.1) is 0 Å². The zero-order valence-electron chi connectivity index (χ0n) is 6.84. The molecule has 0 aromatic heterocycles. The van der Waals surface area contributed by atoms with Crippen LogP contribution in [0.1, 0.15) is 13.3 Å². The minimum Gasteiger partial charge on any atom is -0.237 e. The molecule has 0 saturated heterocycles. The zero-order chi connectivity index (χ0) is 10.9. The van der Waals surface area contributed by atoms with E-state index >= 15 is 0 Å². The van der Waals surface area contributed by atoms with Crippen LogP contribution in [0.15, 0.2) is 0 Å². The zero-order valence-corrected chi connectivity index (χ0v) is 6.84. The molecule has 0 bridgehead atoms. The molecule has 79 valence electrons. The van der Waals surface area contributed by atoms with Crippen LogP contribution in [0.4, 0.5) is 26.3 Å². The van der Waals surface area contributed by atoms with Crippen molar-refractivity contribution in [3.63, 3.8) is 0 Å². The lowest BCUT2D eigenvalue weighted by Crippen LogP contribution is -2.44. The summed E-state index contributed by atoms with van der Waals surface area (Å²) in [6.07, 6.45) is -8.29. The summed E-state index contributed by atoms with van der Waals surface area (Å²) in [5.74, 6) is -8.27. The molecular weight excluding hydrogens is 198 g/mol. The van der Waals surface area contributed by atoms with E-state index in [0.29, 0.717) is 0 Å². The second-order valence-electron chi connectivity index (χ2n) is 2.77. The average Bonchev–Trinajstić information content (AvgIpc) is 2.00. The van der Waals surface area contributed by atoms with Crippen LogP contribution in [0.3, 0.4) is 0 Å². The summed E-state index contributed by atoms with van der Waals surface area (Å²) < 4.78 is 73.5. The molecule has 0 spiro atoms. The molecule has 0 heterocycles. The van der Waals surface area contributed by atoms with Crippen LogP contribution in [-0.2, 0) is 0 Å². The molecule has 0 aliphatic heterocycles. The predicted octanol–water partition coefficient (Wildman–Crippen LogP) is 3.18. The lowest BCUT2D eigenvalue weighted by atomic mass is 10.0. The number of hydrogen-bond acceptors (Lipinski definition) is 0. The van der Waals surface area contributed by atoms with E-state index in [0.717, 1.165) is 0 Å². The van der Waals surface area contributed by atoms with E-state index in [9.17, 15) is 26.3 Å². The van der Waals surface area contributed by atoms with Gasteiger partial charge in [-0.25, -0.2) is 26.3 Å². The maximum Gasteiger partial charge on any atom is 0.281 e. The van der Waals surface area contributed by atoms with Crippen molar-refractivity contribution in [2.24, 2.45) is 0 Å². The first-order chi connectivity index (χ1) is 5.63. The fourth-order valence-corrected chi connectivity index (χ4v) is 0.609. The van der Waals surface area contributed by atoms with Gasteiger partial charge in [0.1, 0.15) is 0 Å². The van der Waals surface area contributed by atoms with Gasteiger partial charge in [-0.1, -0.05) is 0 Å². The Labute approximate surface area is 71.9 Å². The summed E-state index contributed by atoms with van der Waals surface area (Å²) in [4.78, 5) is 0. The quantitative estimate of drug-likeness (QED) is 0.621. The highest BCUT2D eigenvalue weighted by molar-refractivity contribution is 4.89. The second-order valence-corrected chi connectivity index (χ2v) is 2.77. The molecule has 0 fully saturated rings. The van der Waals surface area contributed by atoms with E-state index in [1.165, 1.54) is 0 Å². The van der Waals surface area contributed by atoms with Crippen molar-refractivity contribution < 1.29 is 26.3 Å². The van der Waals surface area contributed by atoms with Crippen LogP contribution in [0.25, 0.3) is 0 Å². The van der Waals surface area contributed by atoms with Crippen molar-refractivity contribution in [1.82, 2.24) is 0 Å². The monoisotopic (exact) mass is 207 g/mol. The van der Waals surface area contributed by atoms with E-state index < -0.39 is 30.6 Å². The van der Waals surface area contributed by atoms with Gasteiger partial charge in [-0.3, -0.25) is 0 Å². The van der Waals surface area contributed by atoms with Crippen LogP contribution in [0.2, 0.25) is 0 Å². The maximum atomic E-state index is 12.4. The Morgan fingerprint density at radius 2 is 1.46 bits per heavy atom. The normalized spacial score (nSPS) is 18.5. The van der Waals surface area contributed by atoms with E-state index in [1.807, 2.05) is 0 Å². The fraction of sp³-hybridized carbons (Fsp3) is 0.857. The van der Waals surface area contributed by atoms with Crippen molar-refractivity contribution in [3.05, 3.63) is 6.92 Å². The summed E-state index contributed by atoms with van der Waals surface area (Å²) in [5, 5.41) is 0. The third-order valence-corrected chi connectivity index (χ3v) is 1.48. The van der Waals surface area contributed by atoms with Crippen LogP contribution in [-0.4, -0.2) is 24.2 Å². The minimum absolute atomic E-state index is 0.0451. The molecule has 1 unspecified atom stereocenters. The molecule has 0 nitrogen and oxygen atoms in total. The van der Waals surface area contributed by atoms with Crippen molar-refractivity contribution in [3.8, 4) is 0 Å². The van der Waals surface area contributed by atoms with E-state index in [4.69, 9.17) is 0 Å². The van der Waals surface area contributed by atoms with Gasteiger partial charge in [0.2, 0.25) is 6.17 Å². The van der Waals surface area contributed by atoms with Gasteiger partial charge in [0, 0.05) is 13.3 Å². The number of halogens is 6. The van der Waals surface area contributed by atoms with Crippen molar-refractivity contribution >= 4 is 0 Å². The molecule has 0 amide bonds. The lowest BCUT2D eigenvalue weighted by Gasteiger charge is -2.25. The molecule has 0 aromatic rings. The van der Waals surface area contributed by atoms with Crippen molar-refractivity contribution in [2.45, 2.75) is 37.5 Å². The Bertz CT molecular complexity index is 161. The third kappa shape index (κ3) is 3.08. The number of rotatable bonds is 4. The van der Waals surface area contributed by atoms with Gasteiger partial charge < -0.3 is 0 Å². The highest BCUT2D eigenvalue weighted by Crippen LogP contribution is 2.35. The lowest BCUT2D eigenvalue weighted by molar-refractivity contribution is -0.157. The molecule has 2 atom stereocenters. The van der Waals surface area contributed by atoms with Gasteiger partial charge in [-0.2, -0.15) is 0 Å². The Morgan fingerprint density at radius 3 is 1.69 bits per heavy atom. The Hall–Kier alpha value is -0.420. The summed E-state index contributed by atoms with van der Waals surface area (Å²) in [7, 11) is 0. The fourth-order valence-electron chi connectivity index (χ4n) is 0.609. The SMILES string of the molecule is [CH2]CC(F)(F)[C@@H](F)C(F)C(C)(F)F. The number of hydrogen-bond donors (Lipinski definition) is 0.